The first kappa shape index (κ1) is 32.7. The standard InChI is InChI=1S/C40H32N2O7S/c1-24-18-20-25(21-19-24)33-35(34(43)29-22-26-12-10-11-17-32(26)49-36(29)44)50-39(41-33)42-31(38(46)48-3)23-30(37(45)47-2)40(42,27-13-6-4-7-14-27)28-15-8-5-9-16-28/h4-22,30-31H,23H2,1-3H3/t30-,31+/m0/s1. The van der Waals surface area contributed by atoms with E-state index in [1.165, 1.54) is 20.3 Å². The number of anilines is 1. The third-order valence-electron chi connectivity index (χ3n) is 9.28. The van der Waals surface area contributed by atoms with E-state index in [2.05, 4.69) is 0 Å². The fraction of sp³-hybridized carbons (Fsp3) is 0.175. The summed E-state index contributed by atoms with van der Waals surface area (Å²) in [5.41, 5.74) is 1.50. The number of aromatic nitrogens is 1. The molecule has 0 unspecified atom stereocenters. The van der Waals surface area contributed by atoms with Crippen molar-refractivity contribution in [3.8, 4) is 11.3 Å². The van der Waals surface area contributed by atoms with Crippen molar-refractivity contribution >= 4 is 45.2 Å². The van der Waals surface area contributed by atoms with Crippen molar-refractivity contribution in [3.05, 3.63) is 153 Å². The van der Waals surface area contributed by atoms with Gasteiger partial charge in [0.1, 0.15) is 27.6 Å². The minimum atomic E-state index is -1.32. The van der Waals surface area contributed by atoms with Crippen molar-refractivity contribution in [3.63, 3.8) is 0 Å². The number of carbonyl (C=O) groups excluding carboxylic acids is 3. The van der Waals surface area contributed by atoms with E-state index in [0.717, 1.165) is 16.9 Å². The first-order valence-electron chi connectivity index (χ1n) is 16.0. The van der Waals surface area contributed by atoms with E-state index in [4.69, 9.17) is 18.9 Å². The molecule has 0 aliphatic carbocycles. The topological polar surface area (TPSA) is 116 Å². The van der Waals surface area contributed by atoms with Gasteiger partial charge in [-0.2, -0.15) is 0 Å². The molecule has 50 heavy (non-hydrogen) atoms. The van der Waals surface area contributed by atoms with Gasteiger partial charge in [-0.1, -0.05) is 120 Å². The normalized spacial score (nSPS) is 16.7. The summed E-state index contributed by atoms with van der Waals surface area (Å²) in [4.78, 5) is 62.5. The number of para-hydroxylation sites is 1. The van der Waals surface area contributed by atoms with Gasteiger partial charge in [0.15, 0.2) is 5.13 Å². The molecule has 2 atom stereocenters. The molecule has 2 aromatic heterocycles. The molecule has 0 amide bonds. The predicted molar refractivity (Wildman–Crippen MR) is 190 cm³/mol. The number of methoxy groups -OCH3 is 2. The van der Waals surface area contributed by atoms with Crippen LogP contribution in [0.1, 0.15) is 38.3 Å². The summed E-state index contributed by atoms with van der Waals surface area (Å²) in [6.45, 7) is 1.95. The van der Waals surface area contributed by atoms with Crippen LogP contribution in [0.5, 0.6) is 0 Å². The minimum Gasteiger partial charge on any atom is -0.469 e. The quantitative estimate of drug-likeness (QED) is 0.0955. The lowest BCUT2D eigenvalue weighted by atomic mass is 9.73. The van der Waals surface area contributed by atoms with Crippen molar-refractivity contribution < 1.29 is 28.3 Å². The first-order chi connectivity index (χ1) is 24.3. The molecule has 1 fully saturated rings. The second-order valence-corrected chi connectivity index (χ2v) is 13.1. The average molecular weight is 685 g/mol. The number of thiazole rings is 1. The molecule has 4 aromatic carbocycles. The molecular formula is C40H32N2O7S. The van der Waals surface area contributed by atoms with Crippen LogP contribution in [-0.2, 0) is 24.6 Å². The highest BCUT2D eigenvalue weighted by atomic mass is 32.1. The fourth-order valence-corrected chi connectivity index (χ4v) is 8.14. The van der Waals surface area contributed by atoms with Crippen molar-refractivity contribution in [2.45, 2.75) is 24.9 Å². The zero-order chi connectivity index (χ0) is 35.0. The number of esters is 2. The van der Waals surface area contributed by atoms with Gasteiger partial charge < -0.3 is 18.8 Å². The molecule has 6 aromatic rings. The van der Waals surface area contributed by atoms with Gasteiger partial charge in [0.2, 0.25) is 5.78 Å². The van der Waals surface area contributed by atoms with Crippen LogP contribution in [0, 0.1) is 12.8 Å². The number of ketones is 1. The molecule has 3 heterocycles. The maximum atomic E-state index is 14.5. The molecular weight excluding hydrogens is 653 g/mol. The molecule has 0 radical (unpaired) electrons. The number of hydrogen-bond acceptors (Lipinski definition) is 10. The van der Waals surface area contributed by atoms with Crippen molar-refractivity contribution in [2.24, 2.45) is 5.92 Å². The number of fused-ring (bicyclic) bond motifs is 1. The molecule has 1 aliphatic heterocycles. The zero-order valence-corrected chi connectivity index (χ0v) is 28.3. The second kappa shape index (κ2) is 13.2. The highest BCUT2D eigenvalue weighted by Gasteiger charge is 2.62. The number of nitrogens with zero attached hydrogens (tertiary/aromatic N) is 2. The molecule has 250 valence electrons. The van der Waals surface area contributed by atoms with Crippen LogP contribution in [0.3, 0.4) is 0 Å². The third kappa shape index (κ3) is 5.38. The van der Waals surface area contributed by atoms with E-state index in [9.17, 15) is 19.2 Å². The Kier molecular flexibility index (Phi) is 8.63. The van der Waals surface area contributed by atoms with Gasteiger partial charge in [0.05, 0.1) is 25.8 Å². The van der Waals surface area contributed by atoms with Crippen LogP contribution < -0.4 is 10.5 Å². The lowest BCUT2D eigenvalue weighted by Crippen LogP contribution is -2.52. The highest BCUT2D eigenvalue weighted by Crippen LogP contribution is 2.55. The number of carbonyl (C=O) groups is 3. The van der Waals surface area contributed by atoms with Gasteiger partial charge in [-0.3, -0.25) is 9.59 Å². The van der Waals surface area contributed by atoms with Gasteiger partial charge in [0.25, 0.3) is 0 Å². The molecule has 0 saturated carbocycles. The van der Waals surface area contributed by atoms with E-state index in [0.29, 0.717) is 33.4 Å². The van der Waals surface area contributed by atoms with Crippen molar-refractivity contribution in [1.29, 1.82) is 0 Å². The van der Waals surface area contributed by atoms with Gasteiger partial charge in [-0.15, -0.1) is 0 Å². The highest BCUT2D eigenvalue weighted by molar-refractivity contribution is 7.18. The Morgan fingerprint density at radius 3 is 2.04 bits per heavy atom. The number of ether oxygens (including phenoxy) is 2. The van der Waals surface area contributed by atoms with E-state index < -0.39 is 40.8 Å². The van der Waals surface area contributed by atoms with Gasteiger partial charge >= 0.3 is 17.6 Å². The number of benzene rings is 4. The molecule has 10 heteroatoms. The van der Waals surface area contributed by atoms with E-state index in [1.54, 1.807) is 29.2 Å². The molecule has 7 rings (SSSR count). The number of aryl methyl sites for hydroxylation is 1. The van der Waals surface area contributed by atoms with E-state index >= 15 is 0 Å². The Labute approximate surface area is 291 Å². The number of hydrogen-bond donors (Lipinski definition) is 0. The molecule has 1 aliphatic rings. The Morgan fingerprint density at radius 1 is 0.820 bits per heavy atom. The second-order valence-electron chi connectivity index (χ2n) is 12.1. The lowest BCUT2D eigenvalue weighted by Gasteiger charge is -2.43. The summed E-state index contributed by atoms with van der Waals surface area (Å²) in [6.07, 6.45) is 0.0418. The Balaban J connectivity index is 1.53. The first-order valence-corrected chi connectivity index (χ1v) is 16.8. The fourth-order valence-electron chi connectivity index (χ4n) is 6.99. The summed E-state index contributed by atoms with van der Waals surface area (Å²) < 4.78 is 16.3. The summed E-state index contributed by atoms with van der Waals surface area (Å²) in [6, 6.07) is 33.8. The molecule has 0 spiro atoms. The Morgan fingerprint density at radius 2 is 1.42 bits per heavy atom. The monoisotopic (exact) mass is 684 g/mol. The van der Waals surface area contributed by atoms with E-state index in [1.807, 2.05) is 91.9 Å². The minimum absolute atomic E-state index is 0.0418. The van der Waals surface area contributed by atoms with Crippen molar-refractivity contribution in [2.75, 3.05) is 19.1 Å². The van der Waals surface area contributed by atoms with Crippen LogP contribution in [0.2, 0.25) is 0 Å². The molecule has 1 saturated heterocycles. The third-order valence-corrected chi connectivity index (χ3v) is 10.3. The van der Waals surface area contributed by atoms with Gasteiger partial charge in [0, 0.05) is 10.9 Å². The maximum absolute atomic E-state index is 14.5. The van der Waals surface area contributed by atoms with Crippen LogP contribution in [0.15, 0.2) is 124 Å². The molecule has 0 bridgehead atoms. The predicted octanol–water partition coefficient (Wildman–Crippen LogP) is 6.94. The van der Waals surface area contributed by atoms with Gasteiger partial charge in [-0.25, -0.2) is 14.6 Å². The van der Waals surface area contributed by atoms with E-state index in [-0.39, 0.29) is 22.0 Å². The average Bonchev–Trinajstić information content (AvgIpc) is 3.75. The molecule has 9 nitrogen and oxygen atoms in total. The van der Waals surface area contributed by atoms with Crippen LogP contribution in [-0.4, -0.2) is 43.0 Å². The molecule has 0 N–H and O–H groups in total. The van der Waals surface area contributed by atoms with Crippen molar-refractivity contribution in [1.82, 2.24) is 4.98 Å². The summed E-state index contributed by atoms with van der Waals surface area (Å²) >= 11 is 1.04. The summed E-state index contributed by atoms with van der Waals surface area (Å²) in [5, 5.41) is 0.874. The zero-order valence-electron chi connectivity index (χ0n) is 27.5. The smallest absolute Gasteiger partial charge is 0.347 e. The SMILES string of the molecule is COC(=O)[C@H]1C[C@@H](C(=O)OC)C(c2ccccc2)(c2ccccc2)N1c1nc(-c2ccc(C)cc2)c(C(=O)c2cc3ccccc3oc2=O)s1. The Hall–Kier alpha value is -5.87. The van der Waals surface area contributed by atoms with Gasteiger partial charge in [-0.05, 0) is 36.6 Å². The largest absolute Gasteiger partial charge is 0.469 e. The summed E-state index contributed by atoms with van der Waals surface area (Å²) in [5.74, 6) is -2.57. The summed E-state index contributed by atoms with van der Waals surface area (Å²) in [7, 11) is 2.62. The van der Waals surface area contributed by atoms with Crippen LogP contribution >= 0.6 is 11.3 Å². The van der Waals surface area contributed by atoms with Crippen LogP contribution in [0.25, 0.3) is 22.2 Å². The number of rotatable bonds is 8. The Bertz CT molecular complexity index is 2240. The maximum Gasteiger partial charge on any atom is 0.347 e. The van der Waals surface area contributed by atoms with Crippen LogP contribution in [0.4, 0.5) is 5.13 Å². The lowest BCUT2D eigenvalue weighted by molar-refractivity contribution is -0.147.